The Balaban J connectivity index is 2.69. The molecule has 0 aliphatic rings. The first kappa shape index (κ1) is 10.9. The van der Waals surface area contributed by atoms with Gasteiger partial charge in [0.15, 0.2) is 0 Å². The molecule has 13 heavy (non-hydrogen) atoms. The van der Waals surface area contributed by atoms with Gasteiger partial charge in [-0.3, -0.25) is 0 Å². The number of nitrogens with two attached hydrogens (primary N) is 1. The number of aromatic nitrogens is 1. The van der Waals surface area contributed by atoms with Crippen molar-refractivity contribution in [2.24, 2.45) is 10.7 Å². The Bertz CT molecular complexity index is 308. The third kappa shape index (κ3) is 4.03. The van der Waals surface area contributed by atoms with Crippen molar-refractivity contribution >= 4 is 30.6 Å². The third-order valence-corrected chi connectivity index (χ3v) is 5.48. The quantitative estimate of drug-likeness (QED) is 0.525. The number of pyridine rings is 1. The van der Waals surface area contributed by atoms with Crippen LogP contribution in [0.25, 0.3) is 0 Å². The van der Waals surface area contributed by atoms with E-state index in [2.05, 4.69) is 28.6 Å². The van der Waals surface area contributed by atoms with Gasteiger partial charge in [0.1, 0.15) is 0 Å². The van der Waals surface area contributed by atoms with Crippen molar-refractivity contribution in [3.05, 3.63) is 34.2 Å². The maximum atomic E-state index is 5.40. The molecule has 1 rings (SSSR count). The molecule has 0 atom stereocenters. The van der Waals surface area contributed by atoms with Crippen molar-refractivity contribution < 1.29 is 17.2 Å². The van der Waals surface area contributed by atoms with Crippen LogP contribution in [0.5, 0.6) is 0 Å². The molecule has 0 aromatic carbocycles. The molecule has 0 unspecified atom stereocenters. The fourth-order valence-corrected chi connectivity index (χ4v) is 2.64. The van der Waals surface area contributed by atoms with E-state index in [0.717, 1.165) is 9.40 Å². The van der Waals surface area contributed by atoms with Crippen LogP contribution < -0.4 is 23.0 Å². The van der Waals surface area contributed by atoms with Crippen LogP contribution in [-0.2, 0) is 0 Å². The van der Waals surface area contributed by atoms with Crippen LogP contribution in [0.1, 0.15) is 0 Å². The van der Waals surface area contributed by atoms with Gasteiger partial charge < -0.3 is 0 Å². The van der Waals surface area contributed by atoms with E-state index < -0.39 is 0 Å². The van der Waals surface area contributed by atoms with Crippen molar-refractivity contribution in [1.82, 2.24) is 4.98 Å². The summed E-state index contributed by atoms with van der Waals surface area (Å²) in [6.45, 7) is 0. The molecule has 2 N–H and O–H groups in total. The van der Waals surface area contributed by atoms with E-state index in [1.54, 1.807) is 18.6 Å². The second-order valence-electron chi connectivity index (χ2n) is 2.07. The maximum absolute atomic E-state index is 5.40. The zero-order valence-corrected chi connectivity index (χ0v) is 11.0. The molecule has 0 radical (unpaired) electrons. The van der Waals surface area contributed by atoms with Crippen LogP contribution >= 0.6 is 18.6 Å². The number of rotatable bonds is 3. The molecule has 0 aliphatic heterocycles. The predicted octanol–water partition coefficient (Wildman–Crippen LogP) is -0.977. The molecule has 1 aromatic heterocycles. The van der Waals surface area contributed by atoms with E-state index in [-0.39, 0.29) is 17.2 Å². The molecule has 1 heterocycles. The predicted molar refractivity (Wildman–Crippen MR) is 58.7 cm³/mol. The molecule has 0 aliphatic carbocycles. The molecule has 0 fully saturated rings. The SMILES string of the molecule is NC=C(C=Nc1ccccn1)[I-]I. The van der Waals surface area contributed by atoms with Gasteiger partial charge in [0.05, 0.1) is 0 Å². The van der Waals surface area contributed by atoms with E-state index >= 15 is 0 Å². The summed E-state index contributed by atoms with van der Waals surface area (Å²) < 4.78 is 1.10. The number of halogens is 2. The van der Waals surface area contributed by atoms with Crippen molar-refractivity contribution in [3.63, 3.8) is 0 Å². The normalized spacial score (nSPS) is 12.5. The first-order valence-corrected chi connectivity index (χ1v) is 10.9. The number of allylic oxidation sites excluding steroid dienone is 1. The molecular formula is C8H8I2N3-. The van der Waals surface area contributed by atoms with Crippen molar-refractivity contribution in [2.75, 3.05) is 0 Å². The zero-order chi connectivity index (χ0) is 9.52. The summed E-state index contributed by atoms with van der Waals surface area (Å²) in [5, 5.41) is 0. The van der Waals surface area contributed by atoms with Crippen LogP contribution in [-0.4, -0.2) is 11.2 Å². The molecular weight excluding hydrogens is 392 g/mol. The van der Waals surface area contributed by atoms with Gasteiger partial charge in [0, 0.05) is 0 Å². The Kier molecular flexibility index (Phi) is 5.28. The van der Waals surface area contributed by atoms with Gasteiger partial charge in [-0.15, -0.1) is 0 Å². The number of aliphatic imine (C=N–C) groups is 1. The monoisotopic (exact) mass is 400 g/mol. The first-order chi connectivity index (χ1) is 6.36. The first-order valence-electron chi connectivity index (χ1n) is 3.49. The van der Waals surface area contributed by atoms with Gasteiger partial charge in [0.2, 0.25) is 0 Å². The molecule has 5 heteroatoms. The average molecular weight is 400 g/mol. The summed E-state index contributed by atoms with van der Waals surface area (Å²) >= 11 is 2.31. The van der Waals surface area contributed by atoms with Gasteiger partial charge in [-0.1, -0.05) is 0 Å². The summed E-state index contributed by atoms with van der Waals surface area (Å²) in [5.74, 6) is 0.718. The van der Waals surface area contributed by atoms with E-state index in [1.807, 2.05) is 18.2 Å². The van der Waals surface area contributed by atoms with Gasteiger partial charge in [0.25, 0.3) is 0 Å². The average Bonchev–Trinajstić information content (AvgIpc) is 2.21. The Morgan fingerprint density at radius 1 is 1.62 bits per heavy atom. The van der Waals surface area contributed by atoms with Crippen LogP contribution in [0.4, 0.5) is 5.82 Å². The van der Waals surface area contributed by atoms with Crippen LogP contribution in [0.15, 0.2) is 39.2 Å². The molecule has 1 aromatic rings. The second kappa shape index (κ2) is 6.30. The number of hydrogen-bond acceptors (Lipinski definition) is 3. The van der Waals surface area contributed by atoms with Crippen LogP contribution in [0, 0.1) is 0 Å². The Morgan fingerprint density at radius 3 is 3.00 bits per heavy atom. The topological polar surface area (TPSA) is 51.3 Å². The summed E-state index contributed by atoms with van der Waals surface area (Å²) in [5.41, 5.74) is 5.40. The van der Waals surface area contributed by atoms with Gasteiger partial charge in [-0.25, -0.2) is 0 Å². The van der Waals surface area contributed by atoms with E-state index in [0.29, 0.717) is 0 Å². The minimum absolute atomic E-state index is 0.0279. The fraction of sp³-hybridized carbons (Fsp3) is 0. The molecule has 0 saturated heterocycles. The Morgan fingerprint density at radius 2 is 2.46 bits per heavy atom. The number of hydrogen-bond donors (Lipinski definition) is 1. The summed E-state index contributed by atoms with van der Waals surface area (Å²) in [6, 6.07) is 5.63. The van der Waals surface area contributed by atoms with Crippen LogP contribution in [0.2, 0.25) is 0 Å². The summed E-state index contributed by atoms with van der Waals surface area (Å²) in [4.78, 5) is 8.25. The zero-order valence-electron chi connectivity index (χ0n) is 6.69. The number of nitrogens with zero attached hydrogens (tertiary/aromatic N) is 2. The molecule has 0 amide bonds. The third-order valence-electron chi connectivity index (χ3n) is 1.21. The fourth-order valence-electron chi connectivity index (χ4n) is 0.643. The second-order valence-corrected chi connectivity index (χ2v) is 6.46. The molecule has 0 saturated carbocycles. The van der Waals surface area contributed by atoms with Crippen molar-refractivity contribution in [2.45, 2.75) is 0 Å². The standard InChI is InChI=1S/C8H8I2N3/c9-10-7(5-11)6-13-8-3-1-2-4-12-8/h1-6H,11H2/q-1. The Labute approximate surface area is 97.0 Å². The molecule has 70 valence electrons. The Hall–Kier alpha value is -0.180. The van der Waals surface area contributed by atoms with Crippen LogP contribution in [0.3, 0.4) is 0 Å². The summed E-state index contributed by atoms with van der Waals surface area (Å²) in [7, 11) is 0. The van der Waals surface area contributed by atoms with E-state index in [1.165, 1.54) is 0 Å². The van der Waals surface area contributed by atoms with Gasteiger partial charge in [-0.2, -0.15) is 0 Å². The van der Waals surface area contributed by atoms with Gasteiger partial charge in [-0.05, 0) is 0 Å². The van der Waals surface area contributed by atoms with E-state index in [9.17, 15) is 0 Å². The molecule has 0 bridgehead atoms. The molecule has 0 spiro atoms. The van der Waals surface area contributed by atoms with Crippen molar-refractivity contribution in [1.29, 1.82) is 0 Å². The molecule has 3 nitrogen and oxygen atoms in total. The van der Waals surface area contributed by atoms with E-state index in [4.69, 9.17) is 5.73 Å². The van der Waals surface area contributed by atoms with Gasteiger partial charge >= 0.3 is 97.8 Å². The van der Waals surface area contributed by atoms with Crippen molar-refractivity contribution in [3.8, 4) is 0 Å². The minimum atomic E-state index is -0.0279. The summed E-state index contributed by atoms with van der Waals surface area (Å²) in [6.07, 6.45) is 5.10.